The molecule has 0 radical (unpaired) electrons. The Labute approximate surface area is 157 Å². The maximum Gasteiger partial charge on any atom is 0.319 e. The summed E-state index contributed by atoms with van der Waals surface area (Å²) in [6, 6.07) is 6.13. The van der Waals surface area contributed by atoms with Crippen molar-refractivity contribution < 1.29 is 14.4 Å². The van der Waals surface area contributed by atoms with Gasteiger partial charge < -0.3 is 15.5 Å². The van der Waals surface area contributed by atoms with Crippen molar-refractivity contribution in [2.75, 3.05) is 19.4 Å². The number of rotatable bonds is 8. The van der Waals surface area contributed by atoms with Gasteiger partial charge in [-0.15, -0.1) is 0 Å². The van der Waals surface area contributed by atoms with Gasteiger partial charge in [-0.3, -0.25) is 9.59 Å². The Kier molecular flexibility index (Phi) is 8.61. The van der Waals surface area contributed by atoms with Crippen LogP contribution in [0, 0.1) is 5.92 Å². The number of nitrogens with zero attached hydrogens (tertiary/aromatic N) is 1. The second-order valence-corrected chi connectivity index (χ2v) is 7.46. The lowest BCUT2D eigenvalue weighted by atomic mass is 9.97. The smallest absolute Gasteiger partial charge is 0.319 e. The van der Waals surface area contributed by atoms with E-state index in [9.17, 15) is 14.4 Å². The number of carbonyl (C=O) groups excluding carboxylic acids is 3. The fraction of sp³-hybridized carbons (Fsp3) is 0.500. The minimum Gasteiger partial charge on any atom is -0.349 e. The molecule has 0 saturated carbocycles. The minimum absolute atomic E-state index is 0.101. The molecular formula is C18H26BrN3O3. The molecule has 0 spiro atoms. The van der Waals surface area contributed by atoms with Gasteiger partial charge in [-0.05, 0) is 36.6 Å². The van der Waals surface area contributed by atoms with Gasteiger partial charge in [-0.2, -0.15) is 0 Å². The van der Waals surface area contributed by atoms with Gasteiger partial charge in [0, 0.05) is 37.1 Å². The summed E-state index contributed by atoms with van der Waals surface area (Å²) >= 11 is 3.33. The average molecular weight is 412 g/mol. The van der Waals surface area contributed by atoms with E-state index in [4.69, 9.17) is 0 Å². The zero-order valence-corrected chi connectivity index (χ0v) is 16.7. The SMILES string of the molecule is CC(C)C[C@H](NC(=O)Nc1ccc(Br)cc1)C(=O)CCC(=O)N(C)C. The number of ketones is 1. The molecule has 0 heterocycles. The van der Waals surface area contributed by atoms with E-state index in [1.165, 1.54) is 4.90 Å². The van der Waals surface area contributed by atoms with E-state index in [0.29, 0.717) is 12.1 Å². The van der Waals surface area contributed by atoms with Crippen LogP contribution in [0.4, 0.5) is 10.5 Å². The van der Waals surface area contributed by atoms with Gasteiger partial charge in [-0.25, -0.2) is 4.79 Å². The number of carbonyl (C=O) groups is 3. The molecule has 1 aromatic carbocycles. The first-order valence-electron chi connectivity index (χ1n) is 8.25. The molecule has 6 nitrogen and oxygen atoms in total. The minimum atomic E-state index is -0.606. The molecule has 138 valence electrons. The van der Waals surface area contributed by atoms with Crippen molar-refractivity contribution in [3.63, 3.8) is 0 Å². The van der Waals surface area contributed by atoms with Gasteiger partial charge in [0.1, 0.15) is 0 Å². The molecule has 0 aliphatic carbocycles. The zero-order valence-electron chi connectivity index (χ0n) is 15.1. The molecule has 1 atom stereocenters. The molecule has 0 aromatic heterocycles. The Balaban J connectivity index is 2.64. The average Bonchev–Trinajstić information content (AvgIpc) is 2.53. The van der Waals surface area contributed by atoms with Crippen molar-refractivity contribution in [2.24, 2.45) is 5.92 Å². The topological polar surface area (TPSA) is 78.5 Å². The number of halogens is 1. The van der Waals surface area contributed by atoms with Gasteiger partial charge in [0.2, 0.25) is 5.91 Å². The Hall–Kier alpha value is -1.89. The highest BCUT2D eigenvalue weighted by molar-refractivity contribution is 9.10. The van der Waals surface area contributed by atoms with E-state index in [-0.39, 0.29) is 30.4 Å². The van der Waals surface area contributed by atoms with Crippen LogP contribution in [-0.2, 0) is 9.59 Å². The largest absolute Gasteiger partial charge is 0.349 e. The first kappa shape index (κ1) is 21.2. The van der Waals surface area contributed by atoms with E-state index < -0.39 is 12.1 Å². The highest BCUT2D eigenvalue weighted by Crippen LogP contribution is 2.14. The second kappa shape index (κ2) is 10.2. The van der Waals surface area contributed by atoms with E-state index in [0.717, 1.165) is 4.47 Å². The lowest BCUT2D eigenvalue weighted by Gasteiger charge is -2.20. The van der Waals surface area contributed by atoms with Crippen LogP contribution in [0.2, 0.25) is 0 Å². The quantitative estimate of drug-likeness (QED) is 0.687. The number of amides is 3. The summed E-state index contributed by atoms with van der Waals surface area (Å²) in [5, 5.41) is 5.44. The van der Waals surface area contributed by atoms with Crippen molar-refractivity contribution in [2.45, 2.75) is 39.2 Å². The molecule has 25 heavy (non-hydrogen) atoms. The number of Topliss-reactive ketones (excluding diaryl/α,β-unsaturated/α-hetero) is 1. The number of nitrogens with one attached hydrogen (secondary N) is 2. The van der Waals surface area contributed by atoms with E-state index in [1.807, 2.05) is 26.0 Å². The van der Waals surface area contributed by atoms with Crippen LogP contribution in [0.5, 0.6) is 0 Å². The van der Waals surface area contributed by atoms with Crippen molar-refractivity contribution in [1.29, 1.82) is 0 Å². The van der Waals surface area contributed by atoms with Crippen LogP contribution in [0.1, 0.15) is 33.1 Å². The second-order valence-electron chi connectivity index (χ2n) is 6.54. The molecule has 0 unspecified atom stereocenters. The molecule has 1 rings (SSSR count). The highest BCUT2D eigenvalue weighted by atomic mass is 79.9. The molecule has 0 saturated heterocycles. The van der Waals surface area contributed by atoms with E-state index in [2.05, 4.69) is 26.6 Å². The Bertz CT molecular complexity index is 600. The Morgan fingerprint density at radius 3 is 2.20 bits per heavy atom. The van der Waals surface area contributed by atoms with Crippen LogP contribution < -0.4 is 10.6 Å². The number of anilines is 1. The first-order chi connectivity index (χ1) is 11.7. The van der Waals surface area contributed by atoms with Crippen molar-refractivity contribution in [3.05, 3.63) is 28.7 Å². The molecule has 2 N–H and O–H groups in total. The molecule has 0 aliphatic rings. The lowest BCUT2D eigenvalue weighted by Crippen LogP contribution is -2.44. The fourth-order valence-corrected chi connectivity index (χ4v) is 2.49. The molecule has 0 fully saturated rings. The van der Waals surface area contributed by atoms with Crippen LogP contribution in [-0.4, -0.2) is 42.8 Å². The maximum absolute atomic E-state index is 12.4. The fourth-order valence-electron chi connectivity index (χ4n) is 2.23. The summed E-state index contributed by atoms with van der Waals surface area (Å²) in [6.45, 7) is 3.97. The van der Waals surface area contributed by atoms with Gasteiger partial charge >= 0.3 is 6.03 Å². The summed E-state index contributed by atoms with van der Waals surface area (Å²) in [5.74, 6) is 0.0114. The number of benzene rings is 1. The Morgan fingerprint density at radius 2 is 1.68 bits per heavy atom. The van der Waals surface area contributed by atoms with Gasteiger partial charge in [0.05, 0.1) is 6.04 Å². The standard InChI is InChI=1S/C18H26BrN3O3/c1-12(2)11-15(16(23)9-10-17(24)22(3)4)21-18(25)20-14-7-5-13(19)6-8-14/h5-8,12,15H,9-11H2,1-4H3,(H2,20,21,25)/t15-/m0/s1. The predicted molar refractivity (Wildman–Crippen MR) is 102 cm³/mol. The molecule has 1 aromatic rings. The monoisotopic (exact) mass is 411 g/mol. The van der Waals surface area contributed by atoms with Crippen LogP contribution in [0.25, 0.3) is 0 Å². The Morgan fingerprint density at radius 1 is 1.08 bits per heavy atom. The molecule has 7 heteroatoms. The van der Waals surface area contributed by atoms with Crippen LogP contribution in [0.15, 0.2) is 28.7 Å². The van der Waals surface area contributed by atoms with Gasteiger partial charge in [-0.1, -0.05) is 29.8 Å². The van der Waals surface area contributed by atoms with E-state index in [1.54, 1.807) is 26.2 Å². The third-order valence-corrected chi connectivity index (χ3v) is 4.12. The van der Waals surface area contributed by atoms with Crippen molar-refractivity contribution in [3.8, 4) is 0 Å². The molecule has 3 amide bonds. The predicted octanol–water partition coefficient (Wildman–Crippen LogP) is 3.42. The normalized spacial score (nSPS) is 11.8. The number of urea groups is 1. The first-order valence-corrected chi connectivity index (χ1v) is 9.04. The summed E-state index contributed by atoms with van der Waals surface area (Å²) in [7, 11) is 3.31. The van der Waals surface area contributed by atoms with Crippen LogP contribution in [0.3, 0.4) is 0 Å². The number of hydrogen-bond acceptors (Lipinski definition) is 3. The zero-order chi connectivity index (χ0) is 19.0. The van der Waals surface area contributed by atoms with Gasteiger partial charge in [0.25, 0.3) is 0 Å². The highest BCUT2D eigenvalue weighted by Gasteiger charge is 2.22. The number of hydrogen-bond donors (Lipinski definition) is 2. The summed E-state index contributed by atoms with van der Waals surface area (Å²) in [5.41, 5.74) is 0.638. The summed E-state index contributed by atoms with van der Waals surface area (Å²) < 4.78 is 0.914. The third-order valence-electron chi connectivity index (χ3n) is 3.59. The van der Waals surface area contributed by atoms with E-state index >= 15 is 0 Å². The molecular weight excluding hydrogens is 386 g/mol. The molecule has 0 aliphatic heterocycles. The van der Waals surface area contributed by atoms with Crippen molar-refractivity contribution in [1.82, 2.24) is 10.2 Å². The summed E-state index contributed by atoms with van der Waals surface area (Å²) in [4.78, 5) is 37.7. The van der Waals surface area contributed by atoms with Crippen LogP contribution >= 0.6 is 15.9 Å². The lowest BCUT2D eigenvalue weighted by molar-refractivity contribution is -0.131. The third kappa shape index (κ3) is 8.16. The maximum atomic E-state index is 12.4. The van der Waals surface area contributed by atoms with Crippen molar-refractivity contribution >= 4 is 39.3 Å². The summed E-state index contributed by atoms with van der Waals surface area (Å²) in [6.07, 6.45) is 0.798. The molecule has 0 bridgehead atoms. The van der Waals surface area contributed by atoms with Gasteiger partial charge in [0.15, 0.2) is 5.78 Å².